The van der Waals surface area contributed by atoms with Gasteiger partial charge in [-0.15, -0.1) is 11.3 Å². The van der Waals surface area contributed by atoms with Gasteiger partial charge in [0.05, 0.1) is 27.5 Å². The predicted octanol–water partition coefficient (Wildman–Crippen LogP) is 4.89. The average molecular weight is 281 g/mol. The molecule has 18 heavy (non-hydrogen) atoms. The zero-order valence-corrected chi connectivity index (χ0v) is 12.6. The minimum Gasteiger partial charge on any atom is -0.376 e. The van der Waals surface area contributed by atoms with Gasteiger partial charge in [-0.05, 0) is 39.3 Å². The lowest BCUT2D eigenvalue weighted by Gasteiger charge is -2.17. The average Bonchev–Trinajstić information content (AvgIpc) is 2.63. The van der Waals surface area contributed by atoms with Crippen LogP contribution >= 0.6 is 22.9 Å². The van der Waals surface area contributed by atoms with Gasteiger partial charge >= 0.3 is 0 Å². The number of nitrogens with zero attached hydrogens (tertiary/aromatic N) is 1. The van der Waals surface area contributed by atoms with Gasteiger partial charge in [0.1, 0.15) is 0 Å². The monoisotopic (exact) mass is 280 g/mol. The molecule has 0 bridgehead atoms. The van der Waals surface area contributed by atoms with Crippen molar-refractivity contribution < 1.29 is 0 Å². The van der Waals surface area contributed by atoms with Crippen LogP contribution in [0, 0.1) is 20.8 Å². The Labute approximate surface area is 117 Å². The predicted molar refractivity (Wildman–Crippen MR) is 79.8 cm³/mol. The molecule has 4 heteroatoms. The van der Waals surface area contributed by atoms with Crippen molar-refractivity contribution >= 4 is 28.6 Å². The number of rotatable bonds is 3. The molecule has 0 aliphatic heterocycles. The molecule has 1 aromatic heterocycles. The first-order chi connectivity index (χ1) is 8.49. The van der Waals surface area contributed by atoms with E-state index in [0.29, 0.717) is 0 Å². The number of halogens is 1. The van der Waals surface area contributed by atoms with Crippen molar-refractivity contribution in [1.29, 1.82) is 0 Å². The topological polar surface area (TPSA) is 24.9 Å². The molecular formula is C14H17ClN2S. The van der Waals surface area contributed by atoms with E-state index in [9.17, 15) is 0 Å². The van der Waals surface area contributed by atoms with E-state index in [-0.39, 0.29) is 6.04 Å². The summed E-state index contributed by atoms with van der Waals surface area (Å²) in [6.45, 7) is 8.29. The van der Waals surface area contributed by atoms with Crippen LogP contribution in [-0.2, 0) is 0 Å². The molecule has 1 N–H and O–H groups in total. The van der Waals surface area contributed by atoms with E-state index in [2.05, 4.69) is 37.1 Å². The van der Waals surface area contributed by atoms with Crippen molar-refractivity contribution in [2.75, 3.05) is 5.32 Å². The number of para-hydroxylation sites is 1. The van der Waals surface area contributed by atoms with E-state index in [1.807, 2.05) is 19.1 Å². The minimum absolute atomic E-state index is 0.217. The molecule has 2 rings (SSSR count). The fourth-order valence-electron chi connectivity index (χ4n) is 2.05. The Morgan fingerprint density at radius 3 is 2.56 bits per heavy atom. The van der Waals surface area contributed by atoms with Crippen LogP contribution in [0.5, 0.6) is 0 Å². The summed E-state index contributed by atoms with van der Waals surface area (Å²) in [6, 6.07) is 6.16. The summed E-state index contributed by atoms with van der Waals surface area (Å²) in [6.07, 6.45) is 0. The SMILES string of the molecule is Cc1nc(C)c(C(C)Nc2c(C)cccc2Cl)s1. The summed E-state index contributed by atoms with van der Waals surface area (Å²) in [5, 5.41) is 5.36. The van der Waals surface area contributed by atoms with Crippen molar-refractivity contribution in [3.63, 3.8) is 0 Å². The second kappa shape index (κ2) is 5.29. The molecule has 1 heterocycles. The molecule has 96 valence electrons. The summed E-state index contributed by atoms with van der Waals surface area (Å²) in [5.41, 5.74) is 3.27. The zero-order valence-electron chi connectivity index (χ0n) is 11.0. The van der Waals surface area contributed by atoms with E-state index in [1.54, 1.807) is 11.3 Å². The van der Waals surface area contributed by atoms with Crippen LogP contribution in [-0.4, -0.2) is 4.98 Å². The number of benzene rings is 1. The maximum absolute atomic E-state index is 6.23. The third-order valence-corrected chi connectivity index (χ3v) is 4.49. The van der Waals surface area contributed by atoms with Gasteiger partial charge in [-0.1, -0.05) is 23.7 Å². The Balaban J connectivity index is 2.26. The van der Waals surface area contributed by atoms with Gasteiger partial charge in [-0.25, -0.2) is 4.98 Å². The molecule has 1 atom stereocenters. The molecule has 0 aliphatic rings. The fourth-order valence-corrected chi connectivity index (χ4v) is 3.25. The van der Waals surface area contributed by atoms with Crippen molar-refractivity contribution in [3.05, 3.63) is 44.4 Å². The Kier molecular flexibility index (Phi) is 3.93. The van der Waals surface area contributed by atoms with Gasteiger partial charge < -0.3 is 5.32 Å². The smallest absolute Gasteiger partial charge is 0.0900 e. The minimum atomic E-state index is 0.217. The highest BCUT2D eigenvalue weighted by atomic mass is 35.5. The van der Waals surface area contributed by atoms with Crippen molar-refractivity contribution in [1.82, 2.24) is 4.98 Å². The maximum atomic E-state index is 6.23. The number of aromatic nitrogens is 1. The van der Waals surface area contributed by atoms with Crippen LogP contribution in [0.1, 0.15) is 34.1 Å². The summed E-state index contributed by atoms with van der Waals surface area (Å²) in [5.74, 6) is 0. The summed E-state index contributed by atoms with van der Waals surface area (Å²) in [7, 11) is 0. The van der Waals surface area contributed by atoms with Gasteiger partial charge in [0, 0.05) is 4.88 Å². The third-order valence-electron chi connectivity index (χ3n) is 2.92. The lowest BCUT2D eigenvalue weighted by molar-refractivity contribution is 0.888. The van der Waals surface area contributed by atoms with Crippen LogP contribution in [0.3, 0.4) is 0 Å². The molecule has 0 saturated heterocycles. The lowest BCUT2D eigenvalue weighted by Crippen LogP contribution is -2.07. The fraction of sp³-hybridized carbons (Fsp3) is 0.357. The molecular weight excluding hydrogens is 264 g/mol. The molecule has 2 aromatic rings. The molecule has 2 nitrogen and oxygen atoms in total. The van der Waals surface area contributed by atoms with E-state index in [4.69, 9.17) is 11.6 Å². The van der Waals surface area contributed by atoms with E-state index < -0.39 is 0 Å². The standard InChI is InChI=1S/C14H17ClN2S/c1-8-6-5-7-12(15)13(8)17-10(3)14-9(2)16-11(4)18-14/h5-7,10,17H,1-4H3. The Morgan fingerprint density at radius 1 is 1.28 bits per heavy atom. The first-order valence-electron chi connectivity index (χ1n) is 5.94. The summed E-state index contributed by atoms with van der Waals surface area (Å²) < 4.78 is 0. The maximum Gasteiger partial charge on any atom is 0.0900 e. The molecule has 0 radical (unpaired) electrons. The number of hydrogen-bond acceptors (Lipinski definition) is 3. The van der Waals surface area contributed by atoms with Gasteiger partial charge in [0.25, 0.3) is 0 Å². The molecule has 0 saturated carbocycles. The number of nitrogens with one attached hydrogen (secondary N) is 1. The van der Waals surface area contributed by atoms with Gasteiger partial charge in [0.2, 0.25) is 0 Å². The van der Waals surface area contributed by atoms with Gasteiger partial charge in [-0.3, -0.25) is 0 Å². The van der Waals surface area contributed by atoms with Crippen LogP contribution in [0.2, 0.25) is 5.02 Å². The molecule has 0 spiro atoms. The number of aryl methyl sites for hydroxylation is 3. The number of hydrogen-bond donors (Lipinski definition) is 1. The molecule has 0 amide bonds. The van der Waals surface area contributed by atoms with E-state index in [1.165, 1.54) is 4.88 Å². The van der Waals surface area contributed by atoms with Crippen molar-refractivity contribution in [2.24, 2.45) is 0 Å². The Bertz CT molecular complexity index is 543. The van der Waals surface area contributed by atoms with Crippen molar-refractivity contribution in [3.8, 4) is 0 Å². The normalized spacial score (nSPS) is 12.5. The molecule has 1 aromatic carbocycles. The number of anilines is 1. The zero-order chi connectivity index (χ0) is 13.3. The number of thiazole rings is 1. The van der Waals surface area contributed by atoms with Crippen LogP contribution < -0.4 is 5.32 Å². The third kappa shape index (κ3) is 2.68. The second-order valence-corrected chi connectivity index (χ2v) is 6.12. The first-order valence-corrected chi connectivity index (χ1v) is 7.14. The Hall–Kier alpha value is -1.06. The quantitative estimate of drug-likeness (QED) is 0.865. The van der Waals surface area contributed by atoms with E-state index in [0.717, 1.165) is 27.0 Å². The highest BCUT2D eigenvalue weighted by Crippen LogP contribution is 2.32. The molecule has 1 unspecified atom stereocenters. The Morgan fingerprint density at radius 2 is 2.00 bits per heavy atom. The van der Waals surface area contributed by atoms with E-state index >= 15 is 0 Å². The van der Waals surface area contributed by atoms with Crippen molar-refractivity contribution in [2.45, 2.75) is 33.7 Å². The molecule has 0 fully saturated rings. The van der Waals surface area contributed by atoms with Crippen LogP contribution in [0.15, 0.2) is 18.2 Å². The van der Waals surface area contributed by atoms with Gasteiger partial charge in [0.15, 0.2) is 0 Å². The second-order valence-electron chi connectivity index (χ2n) is 4.48. The van der Waals surface area contributed by atoms with Gasteiger partial charge in [-0.2, -0.15) is 0 Å². The largest absolute Gasteiger partial charge is 0.376 e. The lowest BCUT2D eigenvalue weighted by atomic mass is 10.1. The summed E-state index contributed by atoms with van der Waals surface area (Å²) >= 11 is 7.97. The molecule has 0 aliphatic carbocycles. The van der Waals surface area contributed by atoms with Crippen LogP contribution in [0.4, 0.5) is 5.69 Å². The summed E-state index contributed by atoms with van der Waals surface area (Å²) in [4.78, 5) is 5.73. The first kappa shape index (κ1) is 13.4. The van der Waals surface area contributed by atoms with Crippen LogP contribution in [0.25, 0.3) is 0 Å². The highest BCUT2D eigenvalue weighted by Gasteiger charge is 2.14. The highest BCUT2D eigenvalue weighted by molar-refractivity contribution is 7.11.